The summed E-state index contributed by atoms with van der Waals surface area (Å²) in [5.74, 6) is -0.853. The van der Waals surface area contributed by atoms with Gasteiger partial charge in [0.15, 0.2) is 17.3 Å². The molecule has 0 aliphatic heterocycles. The molecule has 3 rings (SSSR count). The number of aromatic nitrogens is 2. The topological polar surface area (TPSA) is 65.4 Å². The highest BCUT2D eigenvalue weighted by atomic mass is 35.5. The van der Waals surface area contributed by atoms with Gasteiger partial charge < -0.3 is 14.8 Å². The SMILES string of the molecule is COc1cc(OC)c(NC(=O)c2ccn(-c3ccccc3Cl)n2)cc1F. The van der Waals surface area contributed by atoms with Gasteiger partial charge in [-0.3, -0.25) is 4.79 Å². The summed E-state index contributed by atoms with van der Waals surface area (Å²) in [5.41, 5.74) is 0.951. The van der Waals surface area contributed by atoms with Crippen molar-refractivity contribution in [1.82, 2.24) is 9.78 Å². The highest BCUT2D eigenvalue weighted by Crippen LogP contribution is 2.32. The minimum Gasteiger partial charge on any atom is -0.494 e. The van der Waals surface area contributed by atoms with E-state index in [1.54, 1.807) is 24.4 Å². The van der Waals surface area contributed by atoms with Crippen LogP contribution in [0.5, 0.6) is 11.5 Å². The largest absolute Gasteiger partial charge is 0.494 e. The van der Waals surface area contributed by atoms with Crippen LogP contribution in [0.25, 0.3) is 5.69 Å². The van der Waals surface area contributed by atoms with E-state index in [2.05, 4.69) is 10.4 Å². The maximum absolute atomic E-state index is 13.9. The normalized spacial score (nSPS) is 10.5. The number of benzene rings is 2. The molecular formula is C18H15ClFN3O3. The predicted octanol–water partition coefficient (Wildman–Crippen LogP) is 3.93. The van der Waals surface area contributed by atoms with Crippen molar-refractivity contribution >= 4 is 23.2 Å². The third-order valence-electron chi connectivity index (χ3n) is 3.64. The van der Waals surface area contributed by atoms with Gasteiger partial charge in [-0.25, -0.2) is 9.07 Å². The minimum atomic E-state index is -0.620. The molecule has 0 radical (unpaired) electrons. The van der Waals surface area contributed by atoms with Crippen molar-refractivity contribution in [2.45, 2.75) is 0 Å². The summed E-state index contributed by atoms with van der Waals surface area (Å²) in [4.78, 5) is 12.4. The summed E-state index contributed by atoms with van der Waals surface area (Å²) in [6, 6.07) is 11.1. The molecule has 1 heterocycles. The van der Waals surface area contributed by atoms with Crippen LogP contribution in [0, 0.1) is 5.82 Å². The highest BCUT2D eigenvalue weighted by Gasteiger charge is 2.16. The fraction of sp³-hybridized carbons (Fsp3) is 0.111. The summed E-state index contributed by atoms with van der Waals surface area (Å²) >= 11 is 6.13. The van der Waals surface area contributed by atoms with Gasteiger partial charge in [0.1, 0.15) is 5.75 Å². The molecule has 2 aromatic carbocycles. The molecule has 0 aliphatic carbocycles. The monoisotopic (exact) mass is 375 g/mol. The molecule has 8 heteroatoms. The minimum absolute atomic E-state index is 0.0165. The lowest BCUT2D eigenvalue weighted by Gasteiger charge is -2.11. The maximum atomic E-state index is 13.9. The van der Waals surface area contributed by atoms with E-state index in [4.69, 9.17) is 21.1 Å². The zero-order valence-corrected chi connectivity index (χ0v) is 14.7. The van der Waals surface area contributed by atoms with Crippen molar-refractivity contribution in [3.8, 4) is 17.2 Å². The molecule has 1 aromatic heterocycles. The second-order valence-corrected chi connectivity index (χ2v) is 5.65. The number of nitrogens with one attached hydrogen (secondary N) is 1. The average Bonchev–Trinajstić information content (AvgIpc) is 3.12. The maximum Gasteiger partial charge on any atom is 0.276 e. The molecule has 0 atom stereocenters. The van der Waals surface area contributed by atoms with Gasteiger partial charge in [0.2, 0.25) is 0 Å². The van der Waals surface area contributed by atoms with E-state index in [0.29, 0.717) is 10.7 Å². The lowest BCUT2D eigenvalue weighted by atomic mass is 10.2. The number of para-hydroxylation sites is 1. The van der Waals surface area contributed by atoms with Crippen molar-refractivity contribution in [1.29, 1.82) is 0 Å². The molecule has 0 fully saturated rings. The first-order valence-electron chi connectivity index (χ1n) is 7.57. The fourth-order valence-corrected chi connectivity index (χ4v) is 2.58. The Morgan fingerprint density at radius 3 is 2.58 bits per heavy atom. The smallest absolute Gasteiger partial charge is 0.276 e. The Morgan fingerprint density at radius 2 is 1.88 bits per heavy atom. The summed E-state index contributed by atoms with van der Waals surface area (Å²) in [7, 11) is 2.76. The van der Waals surface area contributed by atoms with E-state index in [9.17, 15) is 9.18 Å². The number of carbonyl (C=O) groups is 1. The van der Waals surface area contributed by atoms with Gasteiger partial charge in [-0.1, -0.05) is 23.7 Å². The molecule has 1 amide bonds. The molecule has 134 valence electrons. The first-order valence-corrected chi connectivity index (χ1v) is 7.94. The molecule has 3 aromatic rings. The van der Waals surface area contributed by atoms with Gasteiger partial charge >= 0.3 is 0 Å². The van der Waals surface area contributed by atoms with Crippen molar-refractivity contribution < 1.29 is 18.7 Å². The quantitative estimate of drug-likeness (QED) is 0.733. The van der Waals surface area contributed by atoms with E-state index < -0.39 is 11.7 Å². The number of nitrogens with zero attached hydrogens (tertiary/aromatic N) is 2. The average molecular weight is 376 g/mol. The number of ether oxygens (including phenoxy) is 2. The first-order chi connectivity index (χ1) is 12.5. The van der Waals surface area contributed by atoms with Crippen LogP contribution in [0.4, 0.5) is 10.1 Å². The number of amides is 1. The van der Waals surface area contributed by atoms with Crippen LogP contribution in [-0.4, -0.2) is 29.9 Å². The van der Waals surface area contributed by atoms with E-state index in [-0.39, 0.29) is 22.9 Å². The molecule has 1 N–H and O–H groups in total. The third-order valence-corrected chi connectivity index (χ3v) is 3.96. The van der Waals surface area contributed by atoms with Gasteiger partial charge in [-0.15, -0.1) is 0 Å². The predicted molar refractivity (Wildman–Crippen MR) is 96.0 cm³/mol. The Morgan fingerprint density at radius 1 is 1.15 bits per heavy atom. The van der Waals surface area contributed by atoms with E-state index in [0.717, 1.165) is 6.07 Å². The molecule has 0 bridgehead atoms. The second kappa shape index (κ2) is 7.45. The number of hydrogen-bond acceptors (Lipinski definition) is 4. The van der Waals surface area contributed by atoms with Gasteiger partial charge in [0.05, 0.1) is 30.6 Å². The Balaban J connectivity index is 1.86. The number of methoxy groups -OCH3 is 2. The molecule has 0 unspecified atom stereocenters. The number of rotatable bonds is 5. The summed E-state index contributed by atoms with van der Waals surface area (Å²) in [5, 5.41) is 7.29. The summed E-state index contributed by atoms with van der Waals surface area (Å²) < 4.78 is 25.5. The van der Waals surface area contributed by atoms with Crippen LogP contribution < -0.4 is 14.8 Å². The summed E-state index contributed by atoms with van der Waals surface area (Å²) in [6.07, 6.45) is 1.61. The molecule has 0 aliphatic rings. The molecule has 26 heavy (non-hydrogen) atoms. The van der Waals surface area contributed by atoms with Crippen LogP contribution in [0.2, 0.25) is 5.02 Å². The van der Waals surface area contributed by atoms with Gasteiger partial charge in [0, 0.05) is 18.3 Å². The Hall–Kier alpha value is -3.06. The Labute approximate surface area is 154 Å². The second-order valence-electron chi connectivity index (χ2n) is 5.24. The van der Waals surface area contributed by atoms with Crippen LogP contribution in [0.15, 0.2) is 48.7 Å². The molecule has 0 spiro atoms. The number of anilines is 1. The van der Waals surface area contributed by atoms with Crippen LogP contribution in [-0.2, 0) is 0 Å². The lowest BCUT2D eigenvalue weighted by Crippen LogP contribution is -2.14. The van der Waals surface area contributed by atoms with Crippen LogP contribution in [0.1, 0.15) is 10.5 Å². The van der Waals surface area contributed by atoms with Crippen molar-refractivity contribution in [2.24, 2.45) is 0 Å². The standard InChI is InChI=1S/C18H15ClFN3O3/c1-25-16-10-17(26-2)14(9-12(16)20)21-18(24)13-7-8-23(22-13)15-6-4-3-5-11(15)19/h3-10H,1-2H3,(H,21,24). The molecule has 6 nitrogen and oxygen atoms in total. The Bertz CT molecular complexity index is 959. The lowest BCUT2D eigenvalue weighted by molar-refractivity contribution is 0.102. The van der Waals surface area contributed by atoms with Crippen LogP contribution >= 0.6 is 11.6 Å². The van der Waals surface area contributed by atoms with E-state index in [1.165, 1.54) is 31.0 Å². The van der Waals surface area contributed by atoms with Gasteiger partial charge in [0.25, 0.3) is 5.91 Å². The van der Waals surface area contributed by atoms with Crippen molar-refractivity contribution in [3.63, 3.8) is 0 Å². The van der Waals surface area contributed by atoms with Crippen molar-refractivity contribution in [3.05, 3.63) is 65.2 Å². The van der Waals surface area contributed by atoms with Crippen molar-refractivity contribution in [2.75, 3.05) is 19.5 Å². The number of carbonyl (C=O) groups excluding carboxylic acids is 1. The third kappa shape index (κ3) is 3.48. The van der Waals surface area contributed by atoms with Gasteiger partial charge in [-0.2, -0.15) is 5.10 Å². The molecule has 0 saturated carbocycles. The van der Waals surface area contributed by atoms with E-state index in [1.807, 2.05) is 6.07 Å². The van der Waals surface area contributed by atoms with Gasteiger partial charge in [-0.05, 0) is 18.2 Å². The number of hydrogen-bond donors (Lipinski definition) is 1. The number of halogens is 2. The first kappa shape index (κ1) is 17.8. The molecular weight excluding hydrogens is 361 g/mol. The van der Waals surface area contributed by atoms with Crippen LogP contribution in [0.3, 0.4) is 0 Å². The summed E-state index contributed by atoms with van der Waals surface area (Å²) in [6.45, 7) is 0. The fourth-order valence-electron chi connectivity index (χ4n) is 2.36. The zero-order chi connectivity index (χ0) is 18.7. The molecule has 0 saturated heterocycles. The van der Waals surface area contributed by atoms with E-state index >= 15 is 0 Å². The zero-order valence-electron chi connectivity index (χ0n) is 14.0. The Kier molecular flexibility index (Phi) is 5.09. The highest BCUT2D eigenvalue weighted by molar-refractivity contribution is 6.32.